The van der Waals surface area contributed by atoms with E-state index in [1.807, 2.05) is 0 Å². The first-order chi connectivity index (χ1) is 5.04. The van der Waals surface area contributed by atoms with Gasteiger partial charge in [0, 0.05) is 6.26 Å². The SMILES string of the molecule is CS(=O)(=O)c1ccc(CCl)o1. The molecule has 5 heteroatoms. The molecule has 1 aromatic rings. The molecule has 0 amide bonds. The minimum atomic E-state index is -3.22. The zero-order valence-corrected chi connectivity index (χ0v) is 7.45. The fourth-order valence-electron chi connectivity index (χ4n) is 0.629. The van der Waals surface area contributed by atoms with Crippen LogP contribution in [0.25, 0.3) is 0 Å². The molecule has 11 heavy (non-hydrogen) atoms. The smallest absolute Gasteiger partial charge is 0.217 e. The highest BCUT2D eigenvalue weighted by Crippen LogP contribution is 2.14. The molecule has 0 aliphatic carbocycles. The van der Waals surface area contributed by atoms with E-state index in [-0.39, 0.29) is 11.0 Å². The summed E-state index contributed by atoms with van der Waals surface area (Å²) in [7, 11) is -3.22. The van der Waals surface area contributed by atoms with E-state index in [1.165, 1.54) is 6.07 Å². The van der Waals surface area contributed by atoms with Crippen LogP contribution in [0.5, 0.6) is 0 Å². The molecule has 1 aromatic heterocycles. The molecule has 0 aromatic carbocycles. The number of hydrogen-bond acceptors (Lipinski definition) is 3. The Morgan fingerprint density at radius 3 is 2.45 bits per heavy atom. The first-order valence-corrected chi connectivity index (χ1v) is 5.31. The van der Waals surface area contributed by atoms with Crippen LogP contribution >= 0.6 is 11.6 Å². The third-order valence-electron chi connectivity index (χ3n) is 1.13. The largest absolute Gasteiger partial charge is 0.448 e. The van der Waals surface area contributed by atoms with Crippen LogP contribution in [0.2, 0.25) is 0 Å². The molecule has 0 radical (unpaired) electrons. The fraction of sp³-hybridized carbons (Fsp3) is 0.333. The lowest BCUT2D eigenvalue weighted by molar-refractivity contribution is 0.427. The number of furan rings is 1. The first kappa shape index (κ1) is 8.62. The Kier molecular flexibility index (Phi) is 2.25. The van der Waals surface area contributed by atoms with E-state index in [0.717, 1.165) is 6.26 Å². The topological polar surface area (TPSA) is 47.3 Å². The Hall–Kier alpha value is -0.480. The number of sulfone groups is 1. The van der Waals surface area contributed by atoms with Gasteiger partial charge in [-0.25, -0.2) is 8.42 Å². The molecule has 62 valence electrons. The molecule has 0 aliphatic rings. The lowest BCUT2D eigenvalue weighted by atomic mass is 10.5. The minimum Gasteiger partial charge on any atom is -0.448 e. The van der Waals surface area contributed by atoms with Crippen molar-refractivity contribution in [2.75, 3.05) is 6.26 Å². The minimum absolute atomic E-state index is 0.0341. The molecule has 0 aliphatic heterocycles. The quantitative estimate of drug-likeness (QED) is 0.669. The zero-order chi connectivity index (χ0) is 8.48. The van der Waals surface area contributed by atoms with Gasteiger partial charge in [-0.3, -0.25) is 0 Å². The van der Waals surface area contributed by atoms with E-state index in [2.05, 4.69) is 0 Å². The van der Waals surface area contributed by atoms with Gasteiger partial charge in [0.05, 0.1) is 5.88 Å². The van der Waals surface area contributed by atoms with E-state index in [1.54, 1.807) is 6.07 Å². The molecular weight excluding hydrogens is 188 g/mol. The fourth-order valence-corrected chi connectivity index (χ4v) is 1.35. The van der Waals surface area contributed by atoms with Crippen molar-refractivity contribution in [1.29, 1.82) is 0 Å². The van der Waals surface area contributed by atoms with Gasteiger partial charge in [0.1, 0.15) is 5.76 Å². The summed E-state index contributed by atoms with van der Waals surface area (Å²) >= 11 is 5.40. The number of hydrogen-bond donors (Lipinski definition) is 0. The van der Waals surface area contributed by atoms with Crippen LogP contribution in [-0.4, -0.2) is 14.7 Å². The van der Waals surface area contributed by atoms with Crippen LogP contribution in [-0.2, 0) is 15.7 Å². The van der Waals surface area contributed by atoms with Crippen molar-refractivity contribution in [3.05, 3.63) is 17.9 Å². The van der Waals surface area contributed by atoms with Crippen LogP contribution in [0.3, 0.4) is 0 Å². The molecule has 0 N–H and O–H groups in total. The number of alkyl halides is 1. The van der Waals surface area contributed by atoms with Gasteiger partial charge in [-0.2, -0.15) is 0 Å². The lowest BCUT2D eigenvalue weighted by Crippen LogP contribution is -1.93. The predicted octanol–water partition coefficient (Wildman–Crippen LogP) is 1.42. The average Bonchev–Trinajstić information content (AvgIpc) is 2.32. The highest BCUT2D eigenvalue weighted by molar-refractivity contribution is 7.90. The summed E-state index contributed by atoms with van der Waals surface area (Å²) < 4.78 is 26.5. The molecule has 0 saturated heterocycles. The maximum Gasteiger partial charge on any atom is 0.217 e. The standard InChI is InChI=1S/C6H7ClO3S/c1-11(8,9)6-3-2-5(4-7)10-6/h2-3H,4H2,1H3. The van der Waals surface area contributed by atoms with Crippen molar-refractivity contribution < 1.29 is 12.8 Å². The molecule has 0 spiro atoms. The number of rotatable bonds is 2. The van der Waals surface area contributed by atoms with E-state index in [9.17, 15) is 8.42 Å². The third kappa shape index (κ3) is 1.97. The van der Waals surface area contributed by atoms with Gasteiger partial charge in [0.25, 0.3) is 0 Å². The van der Waals surface area contributed by atoms with E-state index >= 15 is 0 Å². The molecule has 0 bridgehead atoms. The maximum absolute atomic E-state index is 10.8. The Balaban J connectivity index is 3.09. The second kappa shape index (κ2) is 2.87. The molecule has 1 rings (SSSR count). The first-order valence-electron chi connectivity index (χ1n) is 2.89. The highest BCUT2D eigenvalue weighted by atomic mass is 35.5. The maximum atomic E-state index is 10.8. The van der Waals surface area contributed by atoms with Crippen molar-refractivity contribution >= 4 is 21.4 Å². The molecule has 0 atom stereocenters. The Morgan fingerprint density at radius 2 is 2.18 bits per heavy atom. The van der Waals surface area contributed by atoms with Gasteiger partial charge in [0.2, 0.25) is 14.9 Å². The summed E-state index contributed by atoms with van der Waals surface area (Å²) in [5.41, 5.74) is 0. The Morgan fingerprint density at radius 1 is 1.55 bits per heavy atom. The predicted molar refractivity (Wildman–Crippen MR) is 41.4 cm³/mol. The summed E-state index contributed by atoms with van der Waals surface area (Å²) in [6.45, 7) is 0. The van der Waals surface area contributed by atoms with Gasteiger partial charge in [-0.1, -0.05) is 0 Å². The van der Waals surface area contributed by atoms with Crippen molar-refractivity contribution in [3.8, 4) is 0 Å². The zero-order valence-electron chi connectivity index (χ0n) is 5.87. The van der Waals surface area contributed by atoms with Gasteiger partial charge < -0.3 is 4.42 Å². The summed E-state index contributed by atoms with van der Waals surface area (Å²) in [6.07, 6.45) is 1.09. The average molecular weight is 195 g/mol. The summed E-state index contributed by atoms with van der Waals surface area (Å²) in [6, 6.07) is 2.94. The Labute approximate surface area is 69.9 Å². The summed E-state index contributed by atoms with van der Waals surface area (Å²) in [5.74, 6) is 0.655. The van der Waals surface area contributed by atoms with Crippen molar-refractivity contribution in [3.63, 3.8) is 0 Å². The van der Waals surface area contributed by atoms with Crippen LogP contribution < -0.4 is 0 Å². The summed E-state index contributed by atoms with van der Waals surface area (Å²) in [4.78, 5) is 0. The second-order valence-corrected chi connectivity index (χ2v) is 4.34. The molecule has 0 saturated carbocycles. The van der Waals surface area contributed by atoms with Crippen LogP contribution in [0.15, 0.2) is 21.6 Å². The molecule has 3 nitrogen and oxygen atoms in total. The van der Waals surface area contributed by atoms with E-state index in [4.69, 9.17) is 16.0 Å². The van der Waals surface area contributed by atoms with Crippen molar-refractivity contribution in [1.82, 2.24) is 0 Å². The third-order valence-corrected chi connectivity index (χ3v) is 2.35. The van der Waals surface area contributed by atoms with E-state index in [0.29, 0.717) is 5.76 Å². The molecular formula is C6H7ClO3S. The van der Waals surface area contributed by atoms with Crippen molar-refractivity contribution in [2.45, 2.75) is 11.0 Å². The lowest BCUT2D eigenvalue weighted by Gasteiger charge is -1.89. The van der Waals surface area contributed by atoms with Crippen LogP contribution in [0.4, 0.5) is 0 Å². The van der Waals surface area contributed by atoms with Gasteiger partial charge in [0.15, 0.2) is 0 Å². The normalized spacial score (nSPS) is 11.8. The molecule has 1 heterocycles. The van der Waals surface area contributed by atoms with Crippen LogP contribution in [0, 0.1) is 0 Å². The van der Waals surface area contributed by atoms with Crippen LogP contribution in [0.1, 0.15) is 5.76 Å². The Bertz CT molecular complexity index is 338. The van der Waals surface area contributed by atoms with Gasteiger partial charge in [-0.05, 0) is 12.1 Å². The van der Waals surface area contributed by atoms with E-state index < -0.39 is 9.84 Å². The second-order valence-electron chi connectivity index (χ2n) is 2.13. The molecule has 0 unspecified atom stereocenters. The van der Waals surface area contributed by atoms with Gasteiger partial charge >= 0.3 is 0 Å². The summed E-state index contributed by atoms with van der Waals surface area (Å²) in [5, 5.41) is -0.0341. The highest BCUT2D eigenvalue weighted by Gasteiger charge is 2.11. The monoisotopic (exact) mass is 194 g/mol. The number of halogens is 1. The molecule has 0 fully saturated rings. The van der Waals surface area contributed by atoms with Gasteiger partial charge in [-0.15, -0.1) is 11.6 Å². The van der Waals surface area contributed by atoms with Crippen molar-refractivity contribution in [2.24, 2.45) is 0 Å².